The van der Waals surface area contributed by atoms with Gasteiger partial charge in [0.25, 0.3) is 0 Å². The van der Waals surface area contributed by atoms with Crippen LogP contribution >= 0.6 is 0 Å². The maximum atomic E-state index is 6.45. The summed E-state index contributed by atoms with van der Waals surface area (Å²) in [5.74, 6) is 0.917. The molecule has 0 saturated heterocycles. The van der Waals surface area contributed by atoms with Crippen LogP contribution in [0.1, 0.15) is 42.5 Å². The molecule has 1 aromatic rings. The first-order valence-corrected chi connectivity index (χ1v) is 7.34. The van der Waals surface area contributed by atoms with Crippen LogP contribution < -0.4 is 10.5 Å². The van der Waals surface area contributed by atoms with Crippen molar-refractivity contribution in [1.82, 2.24) is 4.98 Å². The van der Waals surface area contributed by atoms with Crippen molar-refractivity contribution in [3.63, 3.8) is 0 Å². The zero-order chi connectivity index (χ0) is 14.8. The Bertz CT molecular complexity index is 468. The average Bonchev–Trinajstić information content (AvgIpc) is 2.92. The normalized spacial score (nSPS) is 19.1. The van der Waals surface area contributed by atoms with Gasteiger partial charge in [0.15, 0.2) is 0 Å². The maximum Gasteiger partial charge on any atom is 0.128 e. The van der Waals surface area contributed by atoms with Crippen molar-refractivity contribution in [2.75, 3.05) is 14.2 Å². The van der Waals surface area contributed by atoms with E-state index in [1.54, 1.807) is 14.2 Å². The molecule has 1 aliphatic carbocycles. The van der Waals surface area contributed by atoms with Gasteiger partial charge in [-0.3, -0.25) is 4.98 Å². The Morgan fingerprint density at radius 2 is 1.95 bits per heavy atom. The number of pyridine rings is 1. The molecule has 1 aliphatic rings. The van der Waals surface area contributed by atoms with Gasteiger partial charge in [0.2, 0.25) is 0 Å². The number of rotatable bonds is 5. The molecule has 2 rings (SSSR count). The number of nitrogens with two attached hydrogens (primary N) is 1. The number of hydrogen-bond acceptors (Lipinski definition) is 4. The molecule has 2 N–H and O–H groups in total. The summed E-state index contributed by atoms with van der Waals surface area (Å²) < 4.78 is 11.2. The molecule has 112 valence electrons. The highest BCUT2D eigenvalue weighted by atomic mass is 16.5. The lowest BCUT2D eigenvalue weighted by molar-refractivity contribution is -0.0256. The molecular formula is C16H26N2O2. The number of aryl methyl sites for hydroxylation is 1. The molecule has 4 nitrogen and oxygen atoms in total. The summed E-state index contributed by atoms with van der Waals surface area (Å²) in [5, 5.41) is 0. The number of aromatic nitrogens is 1. The second-order valence-electron chi connectivity index (χ2n) is 5.83. The molecule has 20 heavy (non-hydrogen) atoms. The third-order valence-corrected chi connectivity index (χ3v) is 4.70. The first-order valence-electron chi connectivity index (χ1n) is 7.34. The maximum absolute atomic E-state index is 6.45. The molecular weight excluding hydrogens is 252 g/mol. The van der Waals surface area contributed by atoms with Crippen LogP contribution in [0.4, 0.5) is 0 Å². The van der Waals surface area contributed by atoms with Crippen molar-refractivity contribution in [3.8, 4) is 5.75 Å². The van der Waals surface area contributed by atoms with Gasteiger partial charge in [-0.15, -0.1) is 0 Å². The highest BCUT2D eigenvalue weighted by Gasteiger charge is 2.40. The lowest BCUT2D eigenvalue weighted by Crippen LogP contribution is -2.49. The molecule has 0 bridgehead atoms. The van der Waals surface area contributed by atoms with Crippen molar-refractivity contribution < 1.29 is 9.47 Å². The molecule has 1 atom stereocenters. The molecule has 1 aromatic heterocycles. The largest absolute Gasteiger partial charge is 0.496 e. The molecule has 0 amide bonds. The summed E-state index contributed by atoms with van der Waals surface area (Å²) in [6.07, 6.45) is 7.09. The lowest BCUT2D eigenvalue weighted by Gasteiger charge is -2.34. The van der Waals surface area contributed by atoms with E-state index in [9.17, 15) is 0 Å². The monoisotopic (exact) mass is 278 g/mol. The van der Waals surface area contributed by atoms with Gasteiger partial charge in [0.05, 0.1) is 12.7 Å². The fraction of sp³-hybridized carbons (Fsp3) is 0.688. The quantitative estimate of drug-likeness (QED) is 0.899. The fourth-order valence-corrected chi connectivity index (χ4v) is 3.37. The van der Waals surface area contributed by atoms with Crippen molar-refractivity contribution in [3.05, 3.63) is 23.0 Å². The molecule has 0 radical (unpaired) electrons. The Labute approximate surface area is 121 Å². The summed E-state index contributed by atoms with van der Waals surface area (Å²) in [6, 6.07) is -0.0198. The first-order chi connectivity index (χ1) is 9.54. The van der Waals surface area contributed by atoms with Gasteiger partial charge in [-0.2, -0.15) is 0 Å². The van der Waals surface area contributed by atoms with E-state index in [-0.39, 0.29) is 11.6 Å². The van der Waals surface area contributed by atoms with Crippen molar-refractivity contribution in [2.45, 2.75) is 57.6 Å². The van der Waals surface area contributed by atoms with Crippen molar-refractivity contribution in [2.24, 2.45) is 5.73 Å². The van der Waals surface area contributed by atoms with Gasteiger partial charge in [0.1, 0.15) is 5.75 Å². The summed E-state index contributed by atoms with van der Waals surface area (Å²) in [6.45, 7) is 4.06. The smallest absolute Gasteiger partial charge is 0.128 e. The van der Waals surface area contributed by atoms with E-state index in [1.165, 1.54) is 12.8 Å². The van der Waals surface area contributed by atoms with Crippen molar-refractivity contribution >= 4 is 0 Å². The van der Waals surface area contributed by atoms with Crippen LogP contribution in [0.5, 0.6) is 5.75 Å². The van der Waals surface area contributed by atoms with E-state index in [2.05, 4.69) is 11.9 Å². The van der Waals surface area contributed by atoms with E-state index >= 15 is 0 Å². The minimum atomic E-state index is -0.174. The van der Waals surface area contributed by atoms with Gasteiger partial charge in [-0.05, 0) is 26.7 Å². The first kappa shape index (κ1) is 15.3. The molecule has 0 aliphatic heterocycles. The standard InChI is InChI=1S/C16H26N2O2/c1-11-10-18-13(12(2)15(11)19-3)9-14(17)16(20-4)7-5-6-8-16/h10,14H,5-9,17H2,1-4H3. The molecule has 0 spiro atoms. The average molecular weight is 278 g/mol. The summed E-state index contributed by atoms with van der Waals surface area (Å²) >= 11 is 0. The van der Waals surface area contributed by atoms with Gasteiger partial charge < -0.3 is 15.2 Å². The second kappa shape index (κ2) is 6.10. The van der Waals surface area contributed by atoms with E-state index in [0.717, 1.165) is 41.8 Å². The summed E-state index contributed by atoms with van der Waals surface area (Å²) in [7, 11) is 3.48. The molecule has 1 fully saturated rings. The minimum Gasteiger partial charge on any atom is -0.496 e. The Morgan fingerprint density at radius 1 is 1.30 bits per heavy atom. The van der Waals surface area contributed by atoms with Crippen LogP contribution in [0.15, 0.2) is 6.20 Å². The molecule has 0 aromatic carbocycles. The predicted molar refractivity (Wildman–Crippen MR) is 80.2 cm³/mol. The minimum absolute atomic E-state index is 0.0198. The Hall–Kier alpha value is -1.13. The van der Waals surface area contributed by atoms with Crippen LogP contribution in [0, 0.1) is 13.8 Å². The highest BCUT2D eigenvalue weighted by molar-refractivity contribution is 5.41. The number of methoxy groups -OCH3 is 2. The van der Waals surface area contributed by atoms with Gasteiger partial charge >= 0.3 is 0 Å². The molecule has 4 heteroatoms. The number of hydrogen-bond donors (Lipinski definition) is 1. The topological polar surface area (TPSA) is 57.4 Å². The van der Waals surface area contributed by atoms with E-state index in [0.29, 0.717) is 0 Å². The number of ether oxygens (including phenoxy) is 2. The van der Waals surface area contributed by atoms with Crippen LogP contribution in [0.3, 0.4) is 0 Å². The van der Waals surface area contributed by atoms with Crippen molar-refractivity contribution in [1.29, 1.82) is 0 Å². The zero-order valence-electron chi connectivity index (χ0n) is 13.0. The third-order valence-electron chi connectivity index (χ3n) is 4.70. The van der Waals surface area contributed by atoms with Crippen LogP contribution in [0.25, 0.3) is 0 Å². The van der Waals surface area contributed by atoms with E-state index in [1.807, 2.05) is 13.1 Å². The fourth-order valence-electron chi connectivity index (χ4n) is 3.37. The Balaban J connectivity index is 2.21. The predicted octanol–water partition coefficient (Wildman–Crippen LogP) is 2.54. The Morgan fingerprint density at radius 3 is 2.50 bits per heavy atom. The van der Waals surface area contributed by atoms with Gasteiger partial charge in [-0.1, -0.05) is 12.8 Å². The highest BCUT2D eigenvalue weighted by Crippen LogP contribution is 2.36. The van der Waals surface area contributed by atoms with Crippen LogP contribution in [0.2, 0.25) is 0 Å². The number of nitrogens with zero attached hydrogens (tertiary/aromatic N) is 1. The SMILES string of the molecule is COc1c(C)cnc(CC(N)C2(OC)CCCC2)c1C. The molecule has 1 heterocycles. The Kier molecular flexibility index (Phi) is 4.66. The third kappa shape index (κ3) is 2.67. The van der Waals surface area contributed by atoms with Gasteiger partial charge in [0, 0.05) is 42.6 Å². The second-order valence-corrected chi connectivity index (χ2v) is 5.83. The molecule has 1 saturated carbocycles. The van der Waals surface area contributed by atoms with Crippen LogP contribution in [-0.4, -0.2) is 30.8 Å². The molecule has 1 unspecified atom stereocenters. The summed E-state index contributed by atoms with van der Waals surface area (Å²) in [5.41, 5.74) is 9.44. The van der Waals surface area contributed by atoms with E-state index in [4.69, 9.17) is 15.2 Å². The zero-order valence-corrected chi connectivity index (χ0v) is 13.0. The lowest BCUT2D eigenvalue weighted by atomic mass is 9.88. The summed E-state index contributed by atoms with van der Waals surface area (Å²) in [4.78, 5) is 4.55. The van der Waals surface area contributed by atoms with E-state index < -0.39 is 0 Å². The van der Waals surface area contributed by atoms with Gasteiger partial charge in [-0.25, -0.2) is 0 Å². The van der Waals surface area contributed by atoms with Crippen LogP contribution in [-0.2, 0) is 11.2 Å².